The van der Waals surface area contributed by atoms with Gasteiger partial charge in [-0.25, -0.2) is 24.4 Å². The second-order valence-electron chi connectivity index (χ2n) is 17.4. The van der Waals surface area contributed by atoms with Gasteiger partial charge in [0.05, 0.1) is 24.9 Å². The molecule has 2 aromatic heterocycles. The van der Waals surface area contributed by atoms with Crippen LogP contribution in [0.5, 0.6) is 11.5 Å². The van der Waals surface area contributed by atoms with E-state index >= 15 is 0 Å². The molecule has 3 saturated carbocycles. The Bertz CT molecular complexity index is 2140. The number of esters is 1. The third-order valence-corrected chi connectivity index (χ3v) is 12.3. The van der Waals surface area contributed by atoms with Crippen molar-refractivity contribution in [3.63, 3.8) is 0 Å². The number of amides is 3. The zero-order valence-corrected chi connectivity index (χ0v) is 34.9. The quantitative estimate of drug-likeness (QED) is 0.115. The van der Waals surface area contributed by atoms with E-state index in [-0.39, 0.29) is 38.1 Å². The predicted molar refractivity (Wildman–Crippen MR) is 218 cm³/mol. The Morgan fingerprint density at radius 2 is 1.80 bits per heavy atom. The third-order valence-electron chi connectivity index (χ3n) is 11.5. The summed E-state index contributed by atoms with van der Waals surface area (Å²) in [5.41, 5.74) is -0.822. The monoisotopic (exact) mass is 832 g/mol. The lowest BCUT2D eigenvalue weighted by Crippen LogP contribution is -2.59. The number of carboxylic acids is 1. The fourth-order valence-corrected chi connectivity index (χ4v) is 9.00. The number of ether oxygens (including phenoxy) is 4. The zero-order chi connectivity index (χ0) is 42.4. The summed E-state index contributed by atoms with van der Waals surface area (Å²) >= 11 is 1.42. The normalized spacial score (nSPS) is 26.1. The molecule has 4 N–H and O–H groups in total. The van der Waals surface area contributed by atoms with Crippen molar-refractivity contribution in [1.82, 2.24) is 25.5 Å². The Labute approximate surface area is 346 Å². The van der Waals surface area contributed by atoms with Gasteiger partial charge in [-0.15, -0.1) is 17.9 Å². The van der Waals surface area contributed by atoms with Crippen LogP contribution in [0.4, 0.5) is 9.93 Å². The van der Waals surface area contributed by atoms with Gasteiger partial charge in [-0.1, -0.05) is 26.8 Å². The number of carbonyl (C=O) groups excluding carboxylic acids is 4. The highest BCUT2D eigenvalue weighted by molar-refractivity contribution is 7.14. The number of nitrogens with zero attached hydrogens (tertiary/aromatic N) is 3. The summed E-state index contributed by atoms with van der Waals surface area (Å²) in [4.78, 5) is 77.4. The number of nitrogens with one attached hydrogen (secondary N) is 3. The Morgan fingerprint density at radius 1 is 1.05 bits per heavy atom. The summed E-state index contributed by atoms with van der Waals surface area (Å²) in [6.07, 6.45) is 2.78. The van der Waals surface area contributed by atoms with Gasteiger partial charge in [0.2, 0.25) is 11.8 Å². The number of likely N-dealkylation sites (tertiary alicyclic amines) is 1. The first-order chi connectivity index (χ1) is 28.0. The van der Waals surface area contributed by atoms with Crippen molar-refractivity contribution in [2.75, 3.05) is 25.6 Å². The van der Waals surface area contributed by atoms with E-state index in [1.54, 1.807) is 24.3 Å². The third kappa shape index (κ3) is 9.09. The summed E-state index contributed by atoms with van der Waals surface area (Å²) in [6, 6.07) is 4.72. The number of fused-ring (bicyclic) bond motifs is 2. The summed E-state index contributed by atoms with van der Waals surface area (Å²) < 4.78 is 22.8. The lowest BCUT2D eigenvalue weighted by atomic mass is 9.85. The molecule has 1 aliphatic heterocycles. The maximum atomic E-state index is 14.7. The predicted octanol–water partition coefficient (Wildman–Crippen LogP) is 5.16. The van der Waals surface area contributed by atoms with Gasteiger partial charge in [0, 0.05) is 41.3 Å². The molecular weight excluding hydrogens is 781 g/mol. The standard InChI is InChI=1S/C42H52N6O10S/c1-8-24-17-42(24,38(52)53)47-36(50)32-15-27(18-48(32)37(51)35(41(4,5)6)46-40(54)58-26-12-22-11-23(22)13-26)57-33-16-30(31-20-59-39(45-31)43-21(2)3)44-29-14-25(9-10-28(29)33)56-19-34(49)55-7/h8-10,14,16,20-24,26-27,32,35H,1,11-13,15,17-19H2,2-7H3,(H,43,45)(H,46,54)(H,47,50)(H,52,53)/t22-,23+,24?,26+,27-,32?,35?,42-/m1/s1. The van der Waals surface area contributed by atoms with Crippen molar-refractivity contribution in [3.8, 4) is 22.9 Å². The molecule has 3 amide bonds. The highest BCUT2D eigenvalue weighted by Crippen LogP contribution is 2.52. The summed E-state index contributed by atoms with van der Waals surface area (Å²) in [5, 5.41) is 22.1. The molecular formula is C42H52N6O10S. The minimum atomic E-state index is -1.54. The molecule has 3 heterocycles. The minimum absolute atomic E-state index is 0.0107. The van der Waals surface area contributed by atoms with Gasteiger partial charge < -0.3 is 44.9 Å². The van der Waals surface area contributed by atoms with E-state index in [0.29, 0.717) is 50.8 Å². The number of anilines is 1. The summed E-state index contributed by atoms with van der Waals surface area (Å²) in [6.45, 7) is 12.8. The molecule has 1 saturated heterocycles. The van der Waals surface area contributed by atoms with E-state index < -0.39 is 64.9 Å². The van der Waals surface area contributed by atoms with Crippen molar-refractivity contribution in [3.05, 3.63) is 42.3 Å². The van der Waals surface area contributed by atoms with Gasteiger partial charge >= 0.3 is 18.0 Å². The largest absolute Gasteiger partial charge is 0.488 e. The first-order valence-corrected chi connectivity index (χ1v) is 20.8. The maximum Gasteiger partial charge on any atom is 0.408 e. The lowest BCUT2D eigenvalue weighted by molar-refractivity contribution is -0.146. The van der Waals surface area contributed by atoms with E-state index in [1.165, 1.54) is 29.4 Å². The van der Waals surface area contributed by atoms with E-state index in [9.17, 15) is 29.1 Å². The van der Waals surface area contributed by atoms with Crippen LogP contribution < -0.4 is 25.4 Å². The van der Waals surface area contributed by atoms with Crippen LogP contribution in [0.25, 0.3) is 22.3 Å². The second-order valence-corrected chi connectivity index (χ2v) is 18.2. The number of rotatable bonds is 15. The smallest absolute Gasteiger partial charge is 0.408 e. The molecule has 1 aromatic carbocycles. The van der Waals surface area contributed by atoms with Crippen LogP contribution >= 0.6 is 11.3 Å². The van der Waals surface area contributed by atoms with Crippen LogP contribution in [0.1, 0.15) is 66.7 Å². The van der Waals surface area contributed by atoms with Crippen molar-refractivity contribution >= 4 is 57.2 Å². The number of alkyl carbamates (subject to hydrolysis) is 1. The average molecular weight is 833 g/mol. The van der Waals surface area contributed by atoms with Gasteiger partial charge in [-0.3, -0.25) is 9.59 Å². The molecule has 16 nitrogen and oxygen atoms in total. The number of aromatic nitrogens is 2. The molecule has 0 spiro atoms. The zero-order valence-electron chi connectivity index (χ0n) is 34.1. The van der Waals surface area contributed by atoms with Crippen molar-refractivity contribution in [2.24, 2.45) is 23.2 Å². The number of benzene rings is 1. The molecule has 17 heteroatoms. The van der Waals surface area contributed by atoms with Crippen LogP contribution in [-0.2, 0) is 28.7 Å². The average Bonchev–Trinajstić information content (AvgIpc) is 3.85. The first kappa shape index (κ1) is 41.7. The number of thiazole rings is 1. The Hall–Kier alpha value is -5.45. The van der Waals surface area contributed by atoms with E-state index in [2.05, 4.69) is 22.5 Å². The lowest BCUT2D eigenvalue weighted by Gasteiger charge is -2.35. The number of aliphatic carboxylic acids is 1. The van der Waals surface area contributed by atoms with Gasteiger partial charge in [0.15, 0.2) is 11.7 Å². The summed E-state index contributed by atoms with van der Waals surface area (Å²) in [5.74, 6) is -1.49. The van der Waals surface area contributed by atoms with Crippen LogP contribution in [0.3, 0.4) is 0 Å². The molecule has 4 fully saturated rings. The van der Waals surface area contributed by atoms with E-state index in [0.717, 1.165) is 19.3 Å². The molecule has 0 bridgehead atoms. The molecule has 3 unspecified atom stereocenters. The minimum Gasteiger partial charge on any atom is -0.488 e. The number of carbonyl (C=O) groups is 5. The molecule has 0 radical (unpaired) electrons. The van der Waals surface area contributed by atoms with Gasteiger partial charge in [-0.05, 0) is 68.9 Å². The van der Waals surface area contributed by atoms with Gasteiger partial charge in [0.1, 0.15) is 47.0 Å². The van der Waals surface area contributed by atoms with Crippen molar-refractivity contribution < 1.29 is 48.0 Å². The molecule has 3 aliphatic carbocycles. The number of carboxylic acid groups (broad SMARTS) is 1. The molecule has 316 valence electrons. The van der Waals surface area contributed by atoms with Crippen molar-refractivity contribution in [1.29, 1.82) is 0 Å². The van der Waals surface area contributed by atoms with Gasteiger partial charge in [-0.2, -0.15) is 0 Å². The van der Waals surface area contributed by atoms with Crippen molar-refractivity contribution in [2.45, 2.75) is 103 Å². The molecule has 8 atom stereocenters. The molecule has 59 heavy (non-hydrogen) atoms. The first-order valence-electron chi connectivity index (χ1n) is 20.0. The number of hydrogen-bond donors (Lipinski definition) is 4. The Kier molecular flexibility index (Phi) is 11.5. The molecule has 4 aliphatic rings. The fourth-order valence-electron chi connectivity index (χ4n) is 8.15. The maximum absolute atomic E-state index is 14.7. The Morgan fingerprint density at radius 3 is 2.44 bits per heavy atom. The molecule has 3 aromatic rings. The van der Waals surface area contributed by atoms with E-state index in [1.807, 2.05) is 40.0 Å². The highest BCUT2D eigenvalue weighted by Gasteiger charge is 2.61. The Balaban J connectivity index is 1.19. The number of methoxy groups -OCH3 is 1. The SMILES string of the molecule is C=CC1C[C@]1(NC(=O)C1C[C@@H](Oc2cc(-c3csc(NC(C)C)n3)nc3cc(OCC(=O)OC)ccc23)CN1C(=O)C(NC(=O)O[C@@H]1C[C@@H]2C[C@@H]2C1)C(C)(C)C)C(=O)O. The topological polar surface area (TPSA) is 208 Å². The van der Waals surface area contributed by atoms with Crippen LogP contribution in [0.15, 0.2) is 42.3 Å². The summed E-state index contributed by atoms with van der Waals surface area (Å²) in [7, 11) is 1.27. The van der Waals surface area contributed by atoms with Crippen LogP contribution in [0.2, 0.25) is 0 Å². The van der Waals surface area contributed by atoms with Gasteiger partial charge in [0.25, 0.3) is 0 Å². The highest BCUT2D eigenvalue weighted by atomic mass is 32.1. The number of hydrogen-bond acceptors (Lipinski definition) is 13. The molecule has 7 rings (SSSR count). The van der Waals surface area contributed by atoms with Crippen LogP contribution in [-0.4, -0.2) is 106 Å². The number of pyridine rings is 1. The fraction of sp³-hybridized carbons (Fsp3) is 0.548. The second kappa shape index (κ2) is 16.3. The van der Waals surface area contributed by atoms with E-state index in [4.69, 9.17) is 28.9 Å². The van der Waals surface area contributed by atoms with Crippen LogP contribution in [0, 0.1) is 23.2 Å².